The number of nitrogens with zero attached hydrogens (tertiary/aromatic N) is 1. The van der Waals surface area contributed by atoms with Crippen LogP contribution >= 0.6 is 27.7 Å². The van der Waals surface area contributed by atoms with Crippen LogP contribution < -0.4 is 10.2 Å². The molecule has 0 saturated carbocycles. The first-order chi connectivity index (χ1) is 9.26. The minimum Gasteiger partial charge on any atom is -0.387 e. The van der Waals surface area contributed by atoms with Crippen molar-refractivity contribution in [3.63, 3.8) is 0 Å². The van der Waals surface area contributed by atoms with Gasteiger partial charge in [0.25, 0.3) is 0 Å². The van der Waals surface area contributed by atoms with Gasteiger partial charge in [0.1, 0.15) is 6.29 Å². The normalized spacial score (nSPS) is 14.7. The fourth-order valence-electron chi connectivity index (χ4n) is 2.27. The Morgan fingerprint density at radius 2 is 2.16 bits per heavy atom. The number of halogens is 1. The monoisotopic (exact) mass is 342 g/mol. The highest BCUT2D eigenvalue weighted by Crippen LogP contribution is 2.38. The topological polar surface area (TPSA) is 32.3 Å². The molecule has 2 rings (SSSR count). The third kappa shape index (κ3) is 3.66. The summed E-state index contributed by atoms with van der Waals surface area (Å²) >= 11 is 5.40. The number of benzene rings is 1. The molecule has 5 heteroatoms. The number of hydrogen-bond acceptors (Lipinski definition) is 4. The molecule has 19 heavy (non-hydrogen) atoms. The smallest absolute Gasteiger partial charge is 0.120 e. The molecule has 0 atom stereocenters. The largest absolute Gasteiger partial charge is 0.387 e. The zero-order chi connectivity index (χ0) is 13.7. The van der Waals surface area contributed by atoms with Crippen molar-refractivity contribution in [3.05, 3.63) is 16.6 Å². The molecule has 1 N–H and O–H groups in total. The Morgan fingerprint density at radius 1 is 1.42 bits per heavy atom. The SMILES string of the molecule is CNc1cc(Br)c(N2CCCC2)cc1SCCC=O. The zero-order valence-electron chi connectivity index (χ0n) is 11.1. The second-order valence-corrected chi connectivity index (χ2v) is 6.54. The van der Waals surface area contributed by atoms with Crippen molar-refractivity contribution in [3.8, 4) is 0 Å². The number of rotatable bonds is 6. The second kappa shape index (κ2) is 7.20. The van der Waals surface area contributed by atoms with Gasteiger partial charge in [-0.2, -0.15) is 0 Å². The van der Waals surface area contributed by atoms with E-state index in [0.717, 1.165) is 35.3 Å². The lowest BCUT2D eigenvalue weighted by Crippen LogP contribution is -2.18. The molecule has 1 aliphatic heterocycles. The van der Waals surface area contributed by atoms with E-state index in [-0.39, 0.29) is 0 Å². The average Bonchev–Trinajstić information content (AvgIpc) is 2.94. The Morgan fingerprint density at radius 3 is 2.79 bits per heavy atom. The van der Waals surface area contributed by atoms with Gasteiger partial charge in [0.2, 0.25) is 0 Å². The highest BCUT2D eigenvalue weighted by molar-refractivity contribution is 9.10. The Balaban J connectivity index is 2.23. The number of nitrogens with one attached hydrogen (secondary N) is 1. The first-order valence-corrected chi connectivity index (χ1v) is 8.37. The third-order valence-electron chi connectivity index (χ3n) is 3.26. The fraction of sp³-hybridized carbons (Fsp3) is 0.500. The van der Waals surface area contributed by atoms with Gasteiger partial charge in [-0.15, -0.1) is 11.8 Å². The van der Waals surface area contributed by atoms with E-state index in [1.165, 1.54) is 23.4 Å². The van der Waals surface area contributed by atoms with Crippen LogP contribution in [0.2, 0.25) is 0 Å². The summed E-state index contributed by atoms with van der Waals surface area (Å²) < 4.78 is 1.14. The number of aldehydes is 1. The second-order valence-electron chi connectivity index (χ2n) is 4.55. The van der Waals surface area contributed by atoms with E-state index in [2.05, 4.69) is 38.3 Å². The molecule has 3 nitrogen and oxygen atoms in total. The van der Waals surface area contributed by atoms with E-state index in [1.54, 1.807) is 11.8 Å². The standard InChI is InChI=1S/C14H19BrN2OS/c1-16-12-9-11(15)13(17-5-2-3-6-17)10-14(12)19-8-4-7-18/h7,9-10,16H,2-6,8H2,1H3. The predicted octanol–water partition coefficient (Wildman–Crippen LogP) is 3.77. The number of carbonyl (C=O) groups is 1. The van der Waals surface area contributed by atoms with Crippen LogP contribution in [0.1, 0.15) is 19.3 Å². The van der Waals surface area contributed by atoms with Crippen molar-refractivity contribution in [2.45, 2.75) is 24.2 Å². The van der Waals surface area contributed by atoms with E-state index < -0.39 is 0 Å². The predicted molar refractivity (Wildman–Crippen MR) is 86.5 cm³/mol. The van der Waals surface area contributed by atoms with Crippen LogP contribution in [0.4, 0.5) is 11.4 Å². The lowest BCUT2D eigenvalue weighted by molar-refractivity contribution is -0.107. The molecule has 1 heterocycles. The van der Waals surface area contributed by atoms with Crippen molar-refractivity contribution in [2.75, 3.05) is 36.1 Å². The van der Waals surface area contributed by atoms with E-state index >= 15 is 0 Å². The fourth-order valence-corrected chi connectivity index (χ4v) is 3.81. The van der Waals surface area contributed by atoms with Crippen LogP contribution in [0, 0.1) is 0 Å². The zero-order valence-corrected chi connectivity index (χ0v) is 13.5. The van der Waals surface area contributed by atoms with E-state index in [9.17, 15) is 4.79 Å². The summed E-state index contributed by atoms with van der Waals surface area (Å²) in [6.45, 7) is 2.27. The summed E-state index contributed by atoms with van der Waals surface area (Å²) in [5.74, 6) is 0.833. The Hall–Kier alpha value is -0.680. The van der Waals surface area contributed by atoms with Crippen LogP contribution in [-0.4, -0.2) is 32.2 Å². The molecular formula is C14H19BrN2OS. The third-order valence-corrected chi connectivity index (χ3v) is 4.98. The number of thioether (sulfide) groups is 1. The summed E-state index contributed by atoms with van der Waals surface area (Å²) in [6, 6.07) is 4.37. The molecule has 104 valence electrons. The van der Waals surface area contributed by atoms with Gasteiger partial charge in [0, 0.05) is 47.4 Å². The van der Waals surface area contributed by atoms with Gasteiger partial charge in [-0.05, 0) is 40.9 Å². The van der Waals surface area contributed by atoms with Crippen molar-refractivity contribution < 1.29 is 4.79 Å². The molecule has 0 unspecified atom stereocenters. The Bertz CT molecular complexity index is 447. The van der Waals surface area contributed by atoms with Crippen LogP contribution in [-0.2, 0) is 4.79 Å². The summed E-state index contributed by atoms with van der Waals surface area (Å²) in [4.78, 5) is 14.1. The van der Waals surface area contributed by atoms with Crippen molar-refractivity contribution in [1.29, 1.82) is 0 Å². The summed E-state index contributed by atoms with van der Waals surface area (Å²) in [5.41, 5.74) is 2.39. The molecule has 0 bridgehead atoms. The number of anilines is 2. The molecule has 1 fully saturated rings. The van der Waals surface area contributed by atoms with Gasteiger partial charge < -0.3 is 15.0 Å². The summed E-state index contributed by atoms with van der Waals surface area (Å²) in [5, 5.41) is 3.22. The first-order valence-electron chi connectivity index (χ1n) is 6.59. The van der Waals surface area contributed by atoms with Crippen LogP contribution in [0.25, 0.3) is 0 Å². The van der Waals surface area contributed by atoms with Gasteiger partial charge in [0.15, 0.2) is 0 Å². The van der Waals surface area contributed by atoms with Crippen LogP contribution in [0.15, 0.2) is 21.5 Å². The molecule has 0 aromatic heterocycles. The van der Waals surface area contributed by atoms with Crippen molar-refractivity contribution >= 4 is 45.4 Å². The van der Waals surface area contributed by atoms with E-state index in [1.807, 2.05) is 7.05 Å². The van der Waals surface area contributed by atoms with Crippen LogP contribution in [0.5, 0.6) is 0 Å². The molecule has 1 aromatic carbocycles. The quantitative estimate of drug-likeness (QED) is 0.484. The molecule has 0 amide bonds. The van der Waals surface area contributed by atoms with Crippen LogP contribution in [0.3, 0.4) is 0 Å². The van der Waals surface area contributed by atoms with Gasteiger partial charge in [-0.3, -0.25) is 0 Å². The van der Waals surface area contributed by atoms with Gasteiger partial charge in [-0.25, -0.2) is 0 Å². The molecule has 1 aliphatic rings. The minimum atomic E-state index is 0.600. The molecule has 0 spiro atoms. The van der Waals surface area contributed by atoms with E-state index in [0.29, 0.717) is 6.42 Å². The number of hydrogen-bond donors (Lipinski definition) is 1. The maximum absolute atomic E-state index is 10.4. The van der Waals surface area contributed by atoms with Crippen molar-refractivity contribution in [1.82, 2.24) is 0 Å². The molecule has 1 saturated heterocycles. The number of carbonyl (C=O) groups excluding carboxylic acids is 1. The highest BCUT2D eigenvalue weighted by Gasteiger charge is 2.17. The first kappa shape index (κ1) is 14.7. The lowest BCUT2D eigenvalue weighted by atomic mass is 10.2. The Kier molecular flexibility index (Phi) is 5.58. The van der Waals surface area contributed by atoms with Crippen molar-refractivity contribution in [2.24, 2.45) is 0 Å². The average molecular weight is 343 g/mol. The molecule has 0 radical (unpaired) electrons. The minimum absolute atomic E-state index is 0.600. The van der Waals surface area contributed by atoms with Gasteiger partial charge in [-0.1, -0.05) is 0 Å². The lowest BCUT2D eigenvalue weighted by Gasteiger charge is -2.21. The summed E-state index contributed by atoms with van der Waals surface area (Å²) in [6.07, 6.45) is 4.12. The molecular weight excluding hydrogens is 324 g/mol. The van der Waals surface area contributed by atoms with Gasteiger partial charge >= 0.3 is 0 Å². The highest BCUT2D eigenvalue weighted by atomic mass is 79.9. The van der Waals surface area contributed by atoms with Gasteiger partial charge in [0.05, 0.1) is 5.69 Å². The Labute approximate surface area is 127 Å². The van der Waals surface area contributed by atoms with E-state index in [4.69, 9.17) is 0 Å². The summed E-state index contributed by atoms with van der Waals surface area (Å²) in [7, 11) is 1.93. The maximum Gasteiger partial charge on any atom is 0.120 e. The molecule has 1 aromatic rings. The molecule has 0 aliphatic carbocycles. The maximum atomic E-state index is 10.4.